The van der Waals surface area contributed by atoms with Gasteiger partial charge in [0, 0.05) is 27.8 Å². The van der Waals surface area contributed by atoms with E-state index in [2.05, 4.69) is 5.32 Å². The van der Waals surface area contributed by atoms with Crippen molar-refractivity contribution in [3.63, 3.8) is 0 Å². The van der Waals surface area contributed by atoms with Gasteiger partial charge >= 0.3 is 0 Å². The van der Waals surface area contributed by atoms with Crippen LogP contribution in [0.4, 0.5) is 5.69 Å². The van der Waals surface area contributed by atoms with E-state index >= 15 is 0 Å². The number of carbonyl (C=O) groups is 2. The Balaban J connectivity index is 1.86. The zero-order valence-corrected chi connectivity index (χ0v) is 18.0. The predicted octanol–water partition coefficient (Wildman–Crippen LogP) is 4.38. The first-order valence-corrected chi connectivity index (χ1v) is 11.3. The van der Waals surface area contributed by atoms with Crippen molar-refractivity contribution in [1.29, 1.82) is 0 Å². The number of Topliss-reactive ketones (excluding diaryl/α,β-unsaturated/α-hetero) is 1. The van der Waals surface area contributed by atoms with E-state index in [4.69, 9.17) is 23.2 Å². The van der Waals surface area contributed by atoms with Gasteiger partial charge in [0.25, 0.3) is 0 Å². The molecule has 1 atom stereocenters. The molecule has 1 unspecified atom stereocenters. The molecular formula is C20H20Cl2N2O4S. The molecule has 0 aliphatic carbocycles. The third kappa shape index (κ3) is 4.98. The lowest BCUT2D eigenvalue weighted by molar-refractivity contribution is -0.120. The molecule has 0 aromatic heterocycles. The van der Waals surface area contributed by atoms with Crippen molar-refractivity contribution < 1.29 is 18.0 Å². The molecule has 1 amide bonds. The van der Waals surface area contributed by atoms with Crippen LogP contribution >= 0.6 is 23.2 Å². The Labute approximate surface area is 179 Å². The van der Waals surface area contributed by atoms with Crippen molar-refractivity contribution in [3.05, 3.63) is 58.1 Å². The van der Waals surface area contributed by atoms with Crippen LogP contribution in [0.5, 0.6) is 0 Å². The minimum Gasteiger partial charge on any atom is -0.325 e. The highest BCUT2D eigenvalue weighted by Gasteiger charge is 2.37. The first-order chi connectivity index (χ1) is 13.7. The van der Waals surface area contributed by atoms with Gasteiger partial charge in [-0.15, -0.1) is 0 Å². The predicted molar refractivity (Wildman–Crippen MR) is 113 cm³/mol. The molecule has 1 heterocycles. The van der Waals surface area contributed by atoms with E-state index in [-0.39, 0.29) is 17.2 Å². The standard InChI is InChI=1S/C20H20Cl2N2O4S/c1-13(25)14-5-7-18(8-6-14)29(27,28)24-9-3-2-4-19(24)20(26)23-17-11-15(21)10-16(22)12-17/h5-8,10-12,19H,2-4,9H2,1H3,(H,23,26). The van der Waals surface area contributed by atoms with Crippen LogP contribution in [0, 0.1) is 0 Å². The number of hydrogen-bond donors (Lipinski definition) is 1. The number of amides is 1. The Morgan fingerprint density at radius 1 is 1.03 bits per heavy atom. The second-order valence-corrected chi connectivity index (χ2v) is 9.62. The van der Waals surface area contributed by atoms with Crippen molar-refractivity contribution in [3.8, 4) is 0 Å². The number of hydrogen-bond acceptors (Lipinski definition) is 4. The highest BCUT2D eigenvalue weighted by molar-refractivity contribution is 7.89. The molecular weight excluding hydrogens is 435 g/mol. The quantitative estimate of drug-likeness (QED) is 0.679. The minimum absolute atomic E-state index is 0.0491. The second-order valence-electron chi connectivity index (χ2n) is 6.86. The van der Waals surface area contributed by atoms with Crippen molar-refractivity contribution in [2.45, 2.75) is 37.1 Å². The topological polar surface area (TPSA) is 83.6 Å². The number of benzene rings is 2. The molecule has 3 rings (SSSR count). The lowest BCUT2D eigenvalue weighted by atomic mass is 10.0. The summed E-state index contributed by atoms with van der Waals surface area (Å²) in [4.78, 5) is 24.4. The van der Waals surface area contributed by atoms with E-state index < -0.39 is 22.0 Å². The summed E-state index contributed by atoms with van der Waals surface area (Å²) in [5.74, 6) is -0.587. The number of ketones is 1. The monoisotopic (exact) mass is 454 g/mol. The minimum atomic E-state index is -3.90. The van der Waals surface area contributed by atoms with Gasteiger partial charge in [-0.3, -0.25) is 9.59 Å². The molecule has 29 heavy (non-hydrogen) atoms. The smallest absolute Gasteiger partial charge is 0.243 e. The number of halogens is 2. The van der Waals surface area contributed by atoms with Crippen LogP contribution in [-0.2, 0) is 14.8 Å². The van der Waals surface area contributed by atoms with Gasteiger partial charge in [0.2, 0.25) is 15.9 Å². The number of carbonyl (C=O) groups excluding carboxylic acids is 2. The van der Waals surface area contributed by atoms with E-state index in [1.165, 1.54) is 35.5 Å². The fraction of sp³-hybridized carbons (Fsp3) is 0.300. The van der Waals surface area contributed by atoms with E-state index in [1.807, 2.05) is 0 Å². The summed E-state index contributed by atoms with van der Waals surface area (Å²) in [5, 5.41) is 3.45. The van der Waals surface area contributed by atoms with Crippen LogP contribution in [0.25, 0.3) is 0 Å². The summed E-state index contributed by atoms with van der Waals surface area (Å²) >= 11 is 11.9. The fourth-order valence-electron chi connectivity index (χ4n) is 3.30. The first kappa shape index (κ1) is 21.8. The number of piperidine rings is 1. The van der Waals surface area contributed by atoms with Crippen molar-refractivity contribution >= 4 is 50.6 Å². The van der Waals surface area contributed by atoms with Crippen LogP contribution in [0.15, 0.2) is 47.4 Å². The van der Waals surface area contributed by atoms with Gasteiger partial charge in [-0.05, 0) is 50.1 Å². The Morgan fingerprint density at radius 3 is 2.24 bits per heavy atom. The first-order valence-electron chi connectivity index (χ1n) is 9.08. The average molecular weight is 455 g/mol. The maximum Gasteiger partial charge on any atom is 0.243 e. The van der Waals surface area contributed by atoms with E-state index in [1.54, 1.807) is 18.2 Å². The third-order valence-electron chi connectivity index (χ3n) is 4.75. The SMILES string of the molecule is CC(=O)c1ccc(S(=O)(=O)N2CCCCC2C(=O)Nc2cc(Cl)cc(Cl)c2)cc1. The summed E-state index contributed by atoms with van der Waals surface area (Å²) in [6.45, 7) is 1.65. The summed E-state index contributed by atoms with van der Waals surface area (Å²) < 4.78 is 27.5. The fourth-order valence-corrected chi connectivity index (χ4v) is 5.49. The van der Waals surface area contributed by atoms with E-state index in [9.17, 15) is 18.0 Å². The third-order valence-corrected chi connectivity index (χ3v) is 7.11. The van der Waals surface area contributed by atoms with Crippen LogP contribution in [0.3, 0.4) is 0 Å². The molecule has 154 valence electrons. The molecule has 1 N–H and O–H groups in total. The molecule has 1 fully saturated rings. The Hall–Kier alpha value is -1.93. The van der Waals surface area contributed by atoms with Crippen LogP contribution in [0.2, 0.25) is 10.0 Å². The number of nitrogens with one attached hydrogen (secondary N) is 1. The Kier molecular flexibility index (Phi) is 6.63. The number of nitrogens with zero attached hydrogens (tertiary/aromatic N) is 1. The van der Waals surface area contributed by atoms with E-state index in [0.717, 1.165) is 6.42 Å². The van der Waals surface area contributed by atoms with Gasteiger partial charge in [0.05, 0.1) is 4.90 Å². The van der Waals surface area contributed by atoms with Crippen LogP contribution in [0.1, 0.15) is 36.5 Å². The maximum atomic E-state index is 13.2. The average Bonchev–Trinajstić information content (AvgIpc) is 2.67. The highest BCUT2D eigenvalue weighted by atomic mass is 35.5. The largest absolute Gasteiger partial charge is 0.325 e. The highest BCUT2D eigenvalue weighted by Crippen LogP contribution is 2.28. The zero-order valence-electron chi connectivity index (χ0n) is 15.7. The lowest BCUT2D eigenvalue weighted by Gasteiger charge is -2.33. The molecule has 6 nitrogen and oxygen atoms in total. The van der Waals surface area contributed by atoms with Gasteiger partial charge in [0.15, 0.2) is 5.78 Å². The van der Waals surface area contributed by atoms with Gasteiger partial charge in [-0.2, -0.15) is 4.31 Å². The molecule has 0 saturated carbocycles. The summed E-state index contributed by atoms with van der Waals surface area (Å²) in [6.07, 6.45) is 1.81. The van der Waals surface area contributed by atoms with Gasteiger partial charge in [-0.1, -0.05) is 41.8 Å². The molecule has 0 spiro atoms. The maximum absolute atomic E-state index is 13.2. The normalized spacial score (nSPS) is 17.7. The molecule has 2 aromatic carbocycles. The second kappa shape index (κ2) is 8.83. The Morgan fingerprint density at radius 2 is 1.66 bits per heavy atom. The van der Waals surface area contributed by atoms with Gasteiger partial charge in [0.1, 0.15) is 6.04 Å². The van der Waals surface area contributed by atoms with Crippen LogP contribution < -0.4 is 5.32 Å². The van der Waals surface area contributed by atoms with Crippen molar-refractivity contribution in [1.82, 2.24) is 4.31 Å². The molecule has 1 aliphatic rings. The van der Waals surface area contributed by atoms with Gasteiger partial charge in [-0.25, -0.2) is 8.42 Å². The van der Waals surface area contributed by atoms with E-state index in [0.29, 0.717) is 34.1 Å². The zero-order chi connectivity index (χ0) is 21.2. The lowest BCUT2D eigenvalue weighted by Crippen LogP contribution is -2.49. The number of sulfonamides is 1. The summed E-state index contributed by atoms with van der Waals surface area (Å²) in [6, 6.07) is 9.53. The molecule has 1 aliphatic heterocycles. The molecule has 0 radical (unpaired) electrons. The molecule has 1 saturated heterocycles. The Bertz CT molecular complexity index is 1020. The molecule has 0 bridgehead atoms. The van der Waals surface area contributed by atoms with Crippen molar-refractivity contribution in [2.24, 2.45) is 0 Å². The number of anilines is 1. The molecule has 2 aromatic rings. The summed E-state index contributed by atoms with van der Waals surface area (Å²) in [5.41, 5.74) is 0.830. The van der Waals surface area contributed by atoms with Gasteiger partial charge < -0.3 is 5.32 Å². The van der Waals surface area contributed by atoms with Crippen LogP contribution in [-0.4, -0.2) is 37.0 Å². The molecule has 9 heteroatoms. The van der Waals surface area contributed by atoms with Crippen molar-refractivity contribution in [2.75, 3.05) is 11.9 Å². The number of rotatable bonds is 5. The summed E-state index contributed by atoms with van der Waals surface area (Å²) in [7, 11) is -3.90.